The van der Waals surface area contributed by atoms with Gasteiger partial charge in [-0.25, -0.2) is 0 Å². The van der Waals surface area contributed by atoms with Crippen molar-refractivity contribution in [3.8, 4) is 22.7 Å². The summed E-state index contributed by atoms with van der Waals surface area (Å²) in [5, 5.41) is 0.715. The Bertz CT molecular complexity index is 809. The number of hydrogen-bond donors (Lipinski definition) is 1. The van der Waals surface area contributed by atoms with Crippen LogP contribution in [0.2, 0.25) is 5.02 Å². The summed E-state index contributed by atoms with van der Waals surface area (Å²) in [4.78, 5) is 3.21. The number of ether oxygens (including phenoxy) is 1. The fourth-order valence-corrected chi connectivity index (χ4v) is 2.50. The van der Waals surface area contributed by atoms with Gasteiger partial charge in [0.1, 0.15) is 5.75 Å². The van der Waals surface area contributed by atoms with Gasteiger partial charge in [-0.2, -0.15) is 0 Å². The van der Waals surface area contributed by atoms with Crippen molar-refractivity contribution in [1.82, 2.24) is 9.55 Å². The van der Waals surface area contributed by atoms with Gasteiger partial charge in [-0.05, 0) is 54.2 Å². The van der Waals surface area contributed by atoms with E-state index in [1.807, 2.05) is 59.3 Å². The van der Waals surface area contributed by atoms with Crippen LogP contribution in [0.3, 0.4) is 0 Å². The second-order valence-corrected chi connectivity index (χ2v) is 5.37. The molecule has 0 saturated carbocycles. The van der Waals surface area contributed by atoms with Crippen LogP contribution in [0.25, 0.3) is 16.9 Å². The number of aromatic nitrogens is 2. The maximum atomic E-state index is 5.91. The van der Waals surface area contributed by atoms with Crippen LogP contribution < -0.4 is 4.74 Å². The number of rotatable bonds is 3. The average Bonchev–Trinajstić information content (AvgIpc) is 2.90. The minimum absolute atomic E-state index is 0. The third-order valence-corrected chi connectivity index (χ3v) is 3.78. The summed E-state index contributed by atoms with van der Waals surface area (Å²) in [5.41, 5.74) is 2.97. The molecule has 114 valence electrons. The fraction of sp³-hybridized carbons (Fsp3) is 0.0625. The molecule has 3 nitrogen and oxygen atoms in total. The number of aromatic amines is 1. The van der Waals surface area contributed by atoms with Gasteiger partial charge in [-0.3, -0.25) is 4.57 Å². The zero-order valence-corrected chi connectivity index (χ0v) is 15.0. The largest absolute Gasteiger partial charge is 0.497 e. The normalized spacial score (nSPS) is 10.1. The minimum atomic E-state index is 0. The second kappa shape index (κ2) is 7.13. The number of methoxy groups -OCH3 is 1. The number of halogens is 2. The van der Waals surface area contributed by atoms with Crippen LogP contribution in [0.15, 0.2) is 54.7 Å². The van der Waals surface area contributed by atoms with E-state index in [1.54, 1.807) is 7.11 Å². The Labute approximate surface area is 149 Å². The van der Waals surface area contributed by atoms with Crippen LogP contribution in [0, 0.1) is 4.77 Å². The van der Waals surface area contributed by atoms with Gasteiger partial charge in [0.15, 0.2) is 4.77 Å². The summed E-state index contributed by atoms with van der Waals surface area (Å²) in [5.74, 6) is 0.818. The minimum Gasteiger partial charge on any atom is -0.497 e. The number of hydrogen-bond acceptors (Lipinski definition) is 2. The van der Waals surface area contributed by atoms with E-state index in [0.717, 1.165) is 22.7 Å². The zero-order chi connectivity index (χ0) is 14.8. The van der Waals surface area contributed by atoms with Gasteiger partial charge in [0.05, 0.1) is 12.8 Å². The van der Waals surface area contributed by atoms with Crippen molar-refractivity contribution in [2.24, 2.45) is 0 Å². The first-order valence-electron chi connectivity index (χ1n) is 6.39. The van der Waals surface area contributed by atoms with Crippen molar-refractivity contribution in [2.75, 3.05) is 7.11 Å². The van der Waals surface area contributed by atoms with Crippen molar-refractivity contribution in [1.29, 1.82) is 0 Å². The van der Waals surface area contributed by atoms with Crippen molar-refractivity contribution in [3.05, 3.63) is 64.5 Å². The van der Waals surface area contributed by atoms with Gasteiger partial charge in [0.25, 0.3) is 0 Å². The third kappa shape index (κ3) is 3.43. The number of nitrogens with zero attached hydrogens (tertiary/aromatic N) is 1. The molecular weight excluding hydrogens is 384 g/mol. The Hall–Kier alpha value is -1.56. The fourth-order valence-electron chi connectivity index (χ4n) is 2.11. The lowest BCUT2D eigenvalue weighted by Crippen LogP contribution is -1.92. The maximum absolute atomic E-state index is 5.91. The summed E-state index contributed by atoms with van der Waals surface area (Å²) in [7, 11) is 1.65. The predicted octanol–water partition coefficient (Wildman–Crippen LogP) is 5.44. The highest BCUT2D eigenvalue weighted by atomic mass is 79.9. The first-order chi connectivity index (χ1) is 10.2. The Morgan fingerprint density at radius 1 is 1.05 bits per heavy atom. The molecule has 0 fully saturated rings. The molecule has 0 amide bonds. The van der Waals surface area contributed by atoms with E-state index >= 15 is 0 Å². The molecule has 1 N–H and O–H groups in total. The quantitative estimate of drug-likeness (QED) is 0.596. The second-order valence-electron chi connectivity index (χ2n) is 4.55. The monoisotopic (exact) mass is 396 g/mol. The van der Waals surface area contributed by atoms with E-state index < -0.39 is 0 Å². The molecule has 0 aliphatic rings. The molecule has 0 aliphatic carbocycles. The summed E-state index contributed by atoms with van der Waals surface area (Å²) < 4.78 is 7.74. The van der Waals surface area contributed by atoms with E-state index in [-0.39, 0.29) is 17.0 Å². The molecule has 1 aromatic heterocycles. The Kier molecular flexibility index (Phi) is 5.45. The molecule has 0 saturated heterocycles. The molecule has 0 bridgehead atoms. The van der Waals surface area contributed by atoms with E-state index in [0.29, 0.717) is 9.79 Å². The van der Waals surface area contributed by atoms with Crippen molar-refractivity contribution < 1.29 is 4.74 Å². The standard InChI is InChI=1S/C16H13ClN2OS.BrH/c1-20-14-8-6-13(7-9-14)19-10-15(18-16(19)21)11-2-4-12(17)5-3-11;/h2-10H,1H3,(H,18,21);1H. The van der Waals surface area contributed by atoms with Crippen molar-refractivity contribution in [2.45, 2.75) is 0 Å². The highest BCUT2D eigenvalue weighted by Crippen LogP contribution is 2.22. The van der Waals surface area contributed by atoms with E-state index in [9.17, 15) is 0 Å². The number of nitrogens with one attached hydrogen (secondary N) is 1. The average molecular weight is 398 g/mol. The van der Waals surface area contributed by atoms with Crippen LogP contribution in [-0.2, 0) is 0 Å². The highest BCUT2D eigenvalue weighted by molar-refractivity contribution is 8.93. The maximum Gasteiger partial charge on any atom is 0.182 e. The third-order valence-electron chi connectivity index (χ3n) is 3.22. The Morgan fingerprint density at radius 2 is 1.68 bits per heavy atom. The van der Waals surface area contributed by atoms with E-state index in [1.165, 1.54) is 0 Å². The van der Waals surface area contributed by atoms with Crippen molar-refractivity contribution >= 4 is 40.8 Å². The lowest BCUT2D eigenvalue weighted by Gasteiger charge is -2.03. The van der Waals surface area contributed by atoms with Gasteiger partial charge >= 0.3 is 0 Å². The van der Waals surface area contributed by atoms with Gasteiger partial charge in [-0.1, -0.05) is 23.7 Å². The van der Waals surface area contributed by atoms with Gasteiger partial charge < -0.3 is 9.72 Å². The van der Waals surface area contributed by atoms with Crippen LogP contribution >= 0.6 is 40.8 Å². The van der Waals surface area contributed by atoms with Crippen LogP contribution in [-0.4, -0.2) is 16.7 Å². The molecule has 0 unspecified atom stereocenters. The first kappa shape index (κ1) is 16.8. The summed E-state index contributed by atoms with van der Waals surface area (Å²) in [6, 6.07) is 15.4. The molecule has 2 aromatic carbocycles. The molecule has 1 heterocycles. The molecule has 0 atom stereocenters. The molecule has 6 heteroatoms. The number of imidazole rings is 1. The molecular formula is C16H14BrClN2OS. The highest BCUT2D eigenvalue weighted by Gasteiger charge is 2.05. The van der Waals surface area contributed by atoms with E-state index in [4.69, 9.17) is 28.6 Å². The number of benzene rings is 2. The lowest BCUT2D eigenvalue weighted by atomic mass is 10.2. The molecule has 3 rings (SSSR count). The smallest absolute Gasteiger partial charge is 0.182 e. The predicted molar refractivity (Wildman–Crippen MR) is 98.3 cm³/mol. The molecule has 22 heavy (non-hydrogen) atoms. The summed E-state index contributed by atoms with van der Waals surface area (Å²) in [6.45, 7) is 0. The van der Waals surface area contributed by atoms with Crippen LogP contribution in [0.4, 0.5) is 0 Å². The van der Waals surface area contributed by atoms with E-state index in [2.05, 4.69) is 4.98 Å². The molecule has 0 aliphatic heterocycles. The Morgan fingerprint density at radius 3 is 2.27 bits per heavy atom. The lowest BCUT2D eigenvalue weighted by molar-refractivity contribution is 0.414. The van der Waals surface area contributed by atoms with Gasteiger partial charge in [0.2, 0.25) is 0 Å². The SMILES string of the molecule is Br.COc1ccc(-n2cc(-c3ccc(Cl)cc3)[nH]c2=S)cc1. The van der Waals surface area contributed by atoms with Gasteiger partial charge in [-0.15, -0.1) is 17.0 Å². The number of H-pyrrole nitrogens is 1. The first-order valence-corrected chi connectivity index (χ1v) is 7.18. The van der Waals surface area contributed by atoms with Crippen LogP contribution in [0.5, 0.6) is 5.75 Å². The summed E-state index contributed by atoms with van der Waals surface area (Å²) >= 11 is 11.3. The van der Waals surface area contributed by atoms with Crippen molar-refractivity contribution in [3.63, 3.8) is 0 Å². The van der Waals surface area contributed by atoms with Crippen LogP contribution in [0.1, 0.15) is 0 Å². The molecule has 0 radical (unpaired) electrons. The zero-order valence-electron chi connectivity index (χ0n) is 11.7. The topological polar surface area (TPSA) is 29.9 Å². The molecule has 3 aromatic rings. The summed E-state index contributed by atoms with van der Waals surface area (Å²) in [6.07, 6.45) is 1.98. The van der Waals surface area contributed by atoms with Gasteiger partial charge in [0, 0.05) is 16.9 Å². The Balaban J connectivity index is 0.00000176. The molecule has 0 spiro atoms.